The maximum absolute atomic E-state index is 6.01. The number of hydrogen-bond acceptors (Lipinski definition) is 6. The van der Waals surface area contributed by atoms with Gasteiger partial charge in [-0.15, -0.1) is 0 Å². The van der Waals surface area contributed by atoms with Crippen LogP contribution >= 0.6 is 27.7 Å². The summed E-state index contributed by atoms with van der Waals surface area (Å²) in [6, 6.07) is 6.25. The lowest BCUT2D eigenvalue weighted by atomic mass is 10.2. The molecular formula is C16H19BrN4OS. The smallest absolute Gasteiger partial charge is 0.161 e. The molecule has 7 heteroatoms. The van der Waals surface area contributed by atoms with Gasteiger partial charge in [-0.05, 0) is 24.6 Å². The largest absolute Gasteiger partial charge is 0.496 e. The Morgan fingerprint density at radius 1 is 1.39 bits per heavy atom. The molecule has 0 aliphatic carbocycles. The van der Waals surface area contributed by atoms with E-state index in [1.165, 1.54) is 0 Å². The minimum absolute atomic E-state index is 0.222. The number of ether oxygens (including phenoxy) is 1. The first-order chi connectivity index (χ1) is 11.2. The average Bonchev–Trinajstić information content (AvgIpc) is 2.99. The Morgan fingerprint density at radius 3 is 2.96 bits per heavy atom. The Kier molecular flexibility index (Phi) is 5.40. The standard InChI is InChI=1S/C16H19BrN4OS/c1-22-14-3-2-12(17)8-11(14)10-23-16-15(19-5-6-20-16)21-7-4-13(18)9-21/h2-3,5-6,8,13H,4,7,9-10,18H2,1H3. The molecule has 1 saturated heterocycles. The molecule has 23 heavy (non-hydrogen) atoms. The first-order valence-electron chi connectivity index (χ1n) is 7.44. The Hall–Kier alpha value is -1.31. The molecule has 0 amide bonds. The maximum Gasteiger partial charge on any atom is 0.161 e. The molecule has 0 saturated carbocycles. The van der Waals surface area contributed by atoms with Gasteiger partial charge in [-0.25, -0.2) is 9.97 Å². The lowest BCUT2D eigenvalue weighted by Crippen LogP contribution is -2.27. The molecule has 0 spiro atoms. The van der Waals surface area contributed by atoms with E-state index in [-0.39, 0.29) is 6.04 Å². The molecule has 1 aliphatic rings. The predicted molar refractivity (Wildman–Crippen MR) is 97.1 cm³/mol. The molecule has 2 heterocycles. The molecule has 2 aromatic rings. The van der Waals surface area contributed by atoms with Gasteiger partial charge in [0.2, 0.25) is 0 Å². The van der Waals surface area contributed by atoms with Gasteiger partial charge in [-0.2, -0.15) is 0 Å². The van der Waals surface area contributed by atoms with Crippen LogP contribution in [0.15, 0.2) is 40.1 Å². The van der Waals surface area contributed by atoms with E-state index in [4.69, 9.17) is 10.5 Å². The van der Waals surface area contributed by atoms with Crippen molar-refractivity contribution in [2.75, 3.05) is 25.1 Å². The second-order valence-corrected chi connectivity index (χ2v) is 7.30. The Bertz CT molecular complexity index is 685. The summed E-state index contributed by atoms with van der Waals surface area (Å²) in [6.45, 7) is 1.78. The van der Waals surface area contributed by atoms with Gasteiger partial charge < -0.3 is 15.4 Å². The minimum Gasteiger partial charge on any atom is -0.496 e. The summed E-state index contributed by atoms with van der Waals surface area (Å²) in [4.78, 5) is 11.2. The predicted octanol–water partition coefficient (Wildman–Crippen LogP) is 3.08. The molecule has 1 aliphatic heterocycles. The fraction of sp³-hybridized carbons (Fsp3) is 0.375. The fourth-order valence-electron chi connectivity index (χ4n) is 2.62. The Morgan fingerprint density at radius 2 is 2.22 bits per heavy atom. The van der Waals surface area contributed by atoms with Crippen molar-refractivity contribution in [3.63, 3.8) is 0 Å². The Balaban J connectivity index is 1.77. The highest BCUT2D eigenvalue weighted by atomic mass is 79.9. The van der Waals surface area contributed by atoms with Crippen molar-refractivity contribution in [1.29, 1.82) is 0 Å². The number of benzene rings is 1. The Labute approximate surface area is 148 Å². The van der Waals surface area contributed by atoms with Crippen LogP contribution in [0.1, 0.15) is 12.0 Å². The van der Waals surface area contributed by atoms with Crippen molar-refractivity contribution in [1.82, 2.24) is 9.97 Å². The van der Waals surface area contributed by atoms with E-state index in [0.717, 1.165) is 51.9 Å². The number of hydrogen-bond donors (Lipinski definition) is 1. The van der Waals surface area contributed by atoms with Crippen LogP contribution in [0, 0.1) is 0 Å². The number of nitrogens with two attached hydrogens (primary N) is 1. The van der Waals surface area contributed by atoms with Crippen LogP contribution in [0.4, 0.5) is 5.82 Å². The van der Waals surface area contributed by atoms with Crippen molar-refractivity contribution in [2.45, 2.75) is 23.2 Å². The third-order valence-corrected chi connectivity index (χ3v) is 5.29. The molecule has 0 bridgehead atoms. The molecule has 1 aromatic carbocycles. The third-order valence-electron chi connectivity index (χ3n) is 3.78. The molecular weight excluding hydrogens is 376 g/mol. The van der Waals surface area contributed by atoms with Gasteiger partial charge in [0.15, 0.2) is 5.82 Å². The van der Waals surface area contributed by atoms with Gasteiger partial charge in [0.1, 0.15) is 10.8 Å². The fourth-order valence-corrected chi connectivity index (χ4v) is 3.99. The minimum atomic E-state index is 0.222. The quantitative estimate of drug-likeness (QED) is 0.786. The van der Waals surface area contributed by atoms with Gasteiger partial charge in [0.25, 0.3) is 0 Å². The number of thioether (sulfide) groups is 1. The first-order valence-corrected chi connectivity index (χ1v) is 9.22. The summed E-state index contributed by atoms with van der Waals surface area (Å²) in [6.07, 6.45) is 4.48. The number of aromatic nitrogens is 2. The summed E-state index contributed by atoms with van der Waals surface area (Å²) >= 11 is 5.18. The van der Waals surface area contributed by atoms with Crippen LogP contribution in [0.5, 0.6) is 5.75 Å². The number of rotatable bonds is 5. The van der Waals surface area contributed by atoms with Crippen LogP contribution in [0.25, 0.3) is 0 Å². The summed E-state index contributed by atoms with van der Waals surface area (Å²) in [5, 5.41) is 0.934. The maximum atomic E-state index is 6.01. The molecule has 5 nitrogen and oxygen atoms in total. The van der Waals surface area contributed by atoms with Crippen molar-refractivity contribution < 1.29 is 4.74 Å². The number of anilines is 1. The van der Waals surface area contributed by atoms with Crippen LogP contribution in [-0.4, -0.2) is 36.2 Å². The second-order valence-electron chi connectivity index (χ2n) is 5.42. The van der Waals surface area contributed by atoms with E-state index in [2.05, 4.69) is 36.9 Å². The zero-order chi connectivity index (χ0) is 16.2. The summed E-state index contributed by atoms with van der Waals surface area (Å²) < 4.78 is 6.48. The van der Waals surface area contributed by atoms with E-state index >= 15 is 0 Å². The van der Waals surface area contributed by atoms with Gasteiger partial charge >= 0.3 is 0 Å². The molecule has 2 N–H and O–H groups in total. The highest BCUT2D eigenvalue weighted by Gasteiger charge is 2.23. The van der Waals surface area contributed by atoms with Crippen molar-refractivity contribution >= 4 is 33.5 Å². The van der Waals surface area contributed by atoms with Gasteiger partial charge in [-0.1, -0.05) is 27.7 Å². The molecule has 1 atom stereocenters. The third kappa shape index (κ3) is 3.97. The normalized spacial score (nSPS) is 17.5. The lowest BCUT2D eigenvalue weighted by Gasteiger charge is -2.19. The van der Waals surface area contributed by atoms with E-state index in [1.807, 2.05) is 12.1 Å². The van der Waals surface area contributed by atoms with Gasteiger partial charge in [0, 0.05) is 47.3 Å². The molecule has 1 unspecified atom stereocenters. The average molecular weight is 395 g/mol. The monoisotopic (exact) mass is 394 g/mol. The topological polar surface area (TPSA) is 64.3 Å². The summed E-state index contributed by atoms with van der Waals surface area (Å²) in [5.74, 6) is 2.59. The zero-order valence-electron chi connectivity index (χ0n) is 12.9. The van der Waals surface area contributed by atoms with Crippen LogP contribution < -0.4 is 15.4 Å². The zero-order valence-corrected chi connectivity index (χ0v) is 15.3. The molecule has 0 radical (unpaired) electrons. The molecule has 122 valence electrons. The van der Waals surface area contributed by atoms with Crippen molar-refractivity contribution in [3.05, 3.63) is 40.6 Å². The second kappa shape index (κ2) is 7.51. The van der Waals surface area contributed by atoms with Gasteiger partial charge in [0.05, 0.1) is 7.11 Å². The first kappa shape index (κ1) is 16.5. The lowest BCUT2D eigenvalue weighted by molar-refractivity contribution is 0.411. The highest BCUT2D eigenvalue weighted by molar-refractivity contribution is 9.10. The number of halogens is 1. The summed E-state index contributed by atoms with van der Waals surface area (Å²) in [7, 11) is 1.69. The van der Waals surface area contributed by atoms with Crippen LogP contribution in [0.2, 0.25) is 0 Å². The van der Waals surface area contributed by atoms with E-state index in [1.54, 1.807) is 31.3 Å². The molecule has 1 aromatic heterocycles. The molecule has 3 rings (SSSR count). The van der Waals surface area contributed by atoms with E-state index < -0.39 is 0 Å². The van der Waals surface area contributed by atoms with E-state index in [0.29, 0.717) is 0 Å². The highest BCUT2D eigenvalue weighted by Crippen LogP contribution is 2.33. The van der Waals surface area contributed by atoms with Crippen LogP contribution in [-0.2, 0) is 5.75 Å². The molecule has 1 fully saturated rings. The van der Waals surface area contributed by atoms with Gasteiger partial charge in [-0.3, -0.25) is 0 Å². The summed E-state index contributed by atoms with van der Waals surface area (Å²) in [5.41, 5.74) is 7.14. The van der Waals surface area contributed by atoms with Crippen molar-refractivity contribution in [3.8, 4) is 5.75 Å². The van der Waals surface area contributed by atoms with Crippen LogP contribution in [0.3, 0.4) is 0 Å². The number of nitrogens with zero attached hydrogens (tertiary/aromatic N) is 3. The SMILES string of the molecule is COc1ccc(Br)cc1CSc1nccnc1N1CCC(N)C1. The number of methoxy groups -OCH3 is 1. The van der Waals surface area contributed by atoms with E-state index in [9.17, 15) is 0 Å². The van der Waals surface area contributed by atoms with Crippen molar-refractivity contribution in [2.24, 2.45) is 5.73 Å².